The highest BCUT2D eigenvalue weighted by molar-refractivity contribution is 5.77. The fraction of sp³-hybridized carbons (Fsp3) is 0.263. The predicted molar refractivity (Wildman–Crippen MR) is 93.5 cm³/mol. The number of benzene rings is 2. The Morgan fingerprint density at radius 2 is 1.67 bits per heavy atom. The molecular weight excluding hydrogens is 304 g/mol. The van der Waals surface area contributed by atoms with Crippen molar-refractivity contribution in [2.45, 2.75) is 13.5 Å². The minimum atomic E-state index is -0.0878. The van der Waals surface area contributed by atoms with E-state index in [1.807, 2.05) is 55.5 Å². The van der Waals surface area contributed by atoms with Crippen molar-refractivity contribution in [2.75, 3.05) is 19.8 Å². The van der Waals surface area contributed by atoms with Gasteiger partial charge in [0.15, 0.2) is 0 Å². The molecule has 3 aromatic rings. The number of aromatic nitrogens is 2. The molecule has 1 aromatic heterocycles. The van der Waals surface area contributed by atoms with Gasteiger partial charge in [-0.15, -0.1) is 0 Å². The summed E-state index contributed by atoms with van der Waals surface area (Å²) in [6.07, 6.45) is 0. The van der Waals surface area contributed by atoms with Crippen LogP contribution in [-0.4, -0.2) is 29.4 Å². The molecule has 3 rings (SSSR count). The van der Waals surface area contributed by atoms with Crippen LogP contribution in [0.25, 0.3) is 16.6 Å². The summed E-state index contributed by atoms with van der Waals surface area (Å²) in [4.78, 5) is 17.6. The first kappa shape index (κ1) is 16.4. The Hall–Kier alpha value is -2.50. The van der Waals surface area contributed by atoms with Gasteiger partial charge >= 0.3 is 0 Å². The maximum atomic E-state index is 12.9. The monoisotopic (exact) mass is 324 g/mol. The molecule has 0 radical (unpaired) electrons. The lowest BCUT2D eigenvalue weighted by molar-refractivity contribution is 0.0422. The number of hydrogen-bond acceptors (Lipinski definition) is 4. The molecule has 0 fully saturated rings. The molecular formula is C19H20N2O3. The molecule has 24 heavy (non-hydrogen) atoms. The van der Waals surface area contributed by atoms with E-state index in [-0.39, 0.29) is 12.2 Å². The molecule has 2 aromatic carbocycles. The van der Waals surface area contributed by atoms with E-state index in [1.165, 1.54) is 0 Å². The molecule has 0 saturated carbocycles. The van der Waals surface area contributed by atoms with Crippen molar-refractivity contribution in [3.8, 4) is 5.69 Å². The van der Waals surface area contributed by atoms with Gasteiger partial charge < -0.3 is 9.47 Å². The summed E-state index contributed by atoms with van der Waals surface area (Å²) in [5.74, 6) is 0.585. The Labute approximate surface area is 140 Å². The lowest BCUT2D eigenvalue weighted by Crippen LogP contribution is -2.24. The second-order valence-corrected chi connectivity index (χ2v) is 5.27. The zero-order valence-electron chi connectivity index (χ0n) is 13.6. The van der Waals surface area contributed by atoms with Gasteiger partial charge in [-0.3, -0.25) is 9.36 Å². The zero-order valence-corrected chi connectivity index (χ0v) is 13.6. The van der Waals surface area contributed by atoms with Gasteiger partial charge in [-0.25, -0.2) is 4.98 Å². The van der Waals surface area contributed by atoms with Gasteiger partial charge in [0.2, 0.25) is 0 Å². The van der Waals surface area contributed by atoms with Gasteiger partial charge in [0.1, 0.15) is 12.4 Å². The molecule has 5 nitrogen and oxygen atoms in total. The van der Waals surface area contributed by atoms with E-state index in [9.17, 15) is 4.79 Å². The van der Waals surface area contributed by atoms with Gasteiger partial charge in [-0.05, 0) is 31.2 Å². The summed E-state index contributed by atoms with van der Waals surface area (Å²) in [5.41, 5.74) is 1.37. The number of rotatable bonds is 7. The molecule has 0 spiro atoms. The molecule has 0 atom stereocenters. The third-order valence-electron chi connectivity index (χ3n) is 3.67. The van der Waals surface area contributed by atoms with Crippen LogP contribution in [0.2, 0.25) is 0 Å². The van der Waals surface area contributed by atoms with Crippen LogP contribution < -0.4 is 5.56 Å². The highest BCUT2D eigenvalue weighted by Crippen LogP contribution is 2.13. The van der Waals surface area contributed by atoms with Crippen LogP contribution in [0.15, 0.2) is 59.4 Å². The first-order valence-electron chi connectivity index (χ1n) is 8.03. The van der Waals surface area contributed by atoms with E-state index >= 15 is 0 Å². The largest absolute Gasteiger partial charge is 0.379 e. The first-order chi connectivity index (χ1) is 11.8. The Bertz CT molecular complexity index is 859. The minimum absolute atomic E-state index is 0.0878. The van der Waals surface area contributed by atoms with Crippen molar-refractivity contribution >= 4 is 10.9 Å². The zero-order chi connectivity index (χ0) is 16.8. The van der Waals surface area contributed by atoms with E-state index in [1.54, 1.807) is 10.6 Å². The summed E-state index contributed by atoms with van der Waals surface area (Å²) in [6.45, 7) is 3.84. The van der Waals surface area contributed by atoms with E-state index in [0.717, 1.165) is 5.69 Å². The Balaban J connectivity index is 2.00. The summed E-state index contributed by atoms with van der Waals surface area (Å²) in [7, 11) is 0. The molecule has 0 aliphatic carbocycles. The molecule has 0 bridgehead atoms. The molecule has 0 N–H and O–H groups in total. The lowest BCUT2D eigenvalue weighted by Gasteiger charge is -2.14. The highest BCUT2D eigenvalue weighted by Gasteiger charge is 2.12. The van der Waals surface area contributed by atoms with Gasteiger partial charge in [-0.2, -0.15) is 0 Å². The van der Waals surface area contributed by atoms with Crippen molar-refractivity contribution in [3.05, 3.63) is 70.8 Å². The number of ether oxygens (including phenoxy) is 2. The van der Waals surface area contributed by atoms with Crippen LogP contribution in [0.1, 0.15) is 12.7 Å². The van der Waals surface area contributed by atoms with Crippen LogP contribution >= 0.6 is 0 Å². The second-order valence-electron chi connectivity index (χ2n) is 5.27. The summed E-state index contributed by atoms with van der Waals surface area (Å²) < 4.78 is 12.5. The number of nitrogens with zero attached hydrogens (tertiary/aromatic N) is 2. The van der Waals surface area contributed by atoms with Crippen molar-refractivity contribution in [2.24, 2.45) is 0 Å². The van der Waals surface area contributed by atoms with E-state index in [0.29, 0.717) is 36.5 Å². The Morgan fingerprint density at radius 3 is 2.46 bits per heavy atom. The molecule has 124 valence electrons. The van der Waals surface area contributed by atoms with Crippen LogP contribution in [-0.2, 0) is 16.1 Å². The number of hydrogen-bond donors (Lipinski definition) is 0. The van der Waals surface area contributed by atoms with Crippen molar-refractivity contribution in [1.29, 1.82) is 0 Å². The van der Waals surface area contributed by atoms with Gasteiger partial charge in [-0.1, -0.05) is 30.3 Å². The van der Waals surface area contributed by atoms with Crippen LogP contribution in [0, 0.1) is 0 Å². The van der Waals surface area contributed by atoms with E-state index < -0.39 is 0 Å². The SMILES string of the molecule is CCOCCOCc1nc2ccccc2c(=O)n1-c1ccccc1. The Morgan fingerprint density at radius 1 is 0.958 bits per heavy atom. The van der Waals surface area contributed by atoms with Crippen LogP contribution in [0.4, 0.5) is 0 Å². The van der Waals surface area contributed by atoms with Crippen molar-refractivity contribution < 1.29 is 9.47 Å². The summed E-state index contributed by atoms with van der Waals surface area (Å²) >= 11 is 0. The first-order valence-corrected chi connectivity index (χ1v) is 8.03. The molecule has 0 aliphatic heterocycles. The molecule has 0 unspecified atom stereocenters. The quantitative estimate of drug-likeness (QED) is 0.627. The summed E-state index contributed by atoms with van der Waals surface area (Å²) in [6, 6.07) is 16.9. The van der Waals surface area contributed by atoms with Gasteiger partial charge in [0.25, 0.3) is 5.56 Å². The predicted octanol–water partition coefficient (Wildman–Crippen LogP) is 2.94. The smallest absolute Gasteiger partial charge is 0.266 e. The normalized spacial score (nSPS) is 11.0. The topological polar surface area (TPSA) is 53.4 Å². The fourth-order valence-corrected chi connectivity index (χ4v) is 2.54. The maximum absolute atomic E-state index is 12.9. The standard InChI is InChI=1S/C19H20N2O3/c1-2-23-12-13-24-14-18-20-17-11-7-6-10-16(17)19(22)21(18)15-8-4-3-5-9-15/h3-11H,2,12-14H2,1H3. The van der Waals surface area contributed by atoms with Gasteiger partial charge in [0.05, 0.1) is 29.8 Å². The number of para-hydroxylation sites is 2. The van der Waals surface area contributed by atoms with Crippen LogP contribution in [0.5, 0.6) is 0 Å². The Kier molecular flexibility index (Phi) is 5.36. The average Bonchev–Trinajstić information content (AvgIpc) is 2.62. The van der Waals surface area contributed by atoms with Crippen LogP contribution in [0.3, 0.4) is 0 Å². The molecule has 0 aliphatic rings. The third-order valence-corrected chi connectivity index (χ3v) is 3.67. The van der Waals surface area contributed by atoms with Crippen molar-refractivity contribution in [1.82, 2.24) is 9.55 Å². The molecule has 0 amide bonds. The maximum Gasteiger partial charge on any atom is 0.266 e. The summed E-state index contributed by atoms with van der Waals surface area (Å²) in [5, 5.41) is 0.597. The second kappa shape index (κ2) is 7.86. The molecule has 5 heteroatoms. The van der Waals surface area contributed by atoms with Crippen molar-refractivity contribution in [3.63, 3.8) is 0 Å². The third kappa shape index (κ3) is 3.53. The number of fused-ring (bicyclic) bond motifs is 1. The minimum Gasteiger partial charge on any atom is -0.379 e. The molecule has 1 heterocycles. The van der Waals surface area contributed by atoms with E-state index in [4.69, 9.17) is 9.47 Å². The highest BCUT2D eigenvalue weighted by atomic mass is 16.5. The molecule has 0 saturated heterocycles. The van der Waals surface area contributed by atoms with Gasteiger partial charge in [0, 0.05) is 6.61 Å². The van der Waals surface area contributed by atoms with E-state index in [2.05, 4.69) is 4.98 Å². The lowest BCUT2D eigenvalue weighted by atomic mass is 10.2. The fourth-order valence-electron chi connectivity index (χ4n) is 2.54. The average molecular weight is 324 g/mol.